The molecule has 2 amide bonds. The summed E-state index contributed by atoms with van der Waals surface area (Å²) in [4.78, 5) is 13.8. The number of aryl methyl sites for hydroxylation is 1. The van der Waals surface area contributed by atoms with Gasteiger partial charge in [-0.2, -0.15) is 5.26 Å². The number of aliphatic hydroxyl groups excluding tert-OH is 1. The molecule has 0 saturated carbocycles. The molecule has 2 aromatic carbocycles. The quantitative estimate of drug-likeness (QED) is 0.847. The number of nitriles is 1. The number of carbonyl (C=O) groups is 1. The van der Waals surface area contributed by atoms with Crippen molar-refractivity contribution < 1.29 is 9.90 Å². The largest absolute Gasteiger partial charge is 0.369 e. The molecule has 6 heteroatoms. The Kier molecular flexibility index (Phi) is 3.49. The molecule has 1 aliphatic rings. The first-order valence-electron chi connectivity index (χ1n) is 6.60. The minimum absolute atomic E-state index is 0.447. The van der Waals surface area contributed by atoms with Crippen LogP contribution < -0.4 is 10.2 Å². The van der Waals surface area contributed by atoms with E-state index in [0.717, 1.165) is 5.56 Å². The van der Waals surface area contributed by atoms with Gasteiger partial charge in [-0.3, -0.25) is 4.90 Å². The summed E-state index contributed by atoms with van der Waals surface area (Å²) in [5, 5.41) is 22.0. The van der Waals surface area contributed by atoms with Gasteiger partial charge in [0.15, 0.2) is 6.23 Å². The number of carbonyl (C=O) groups excluding carboxylic acids is 1. The van der Waals surface area contributed by atoms with Gasteiger partial charge in [0, 0.05) is 10.6 Å². The van der Waals surface area contributed by atoms with Crippen LogP contribution in [0.1, 0.15) is 22.9 Å². The zero-order chi connectivity index (χ0) is 15.9. The molecular formula is C16H12ClN3O2. The van der Waals surface area contributed by atoms with Crippen molar-refractivity contribution >= 4 is 29.0 Å². The van der Waals surface area contributed by atoms with Gasteiger partial charge in [0.2, 0.25) is 0 Å². The number of nitrogens with one attached hydrogen (secondary N) is 1. The number of rotatable bonds is 1. The van der Waals surface area contributed by atoms with Crippen LogP contribution in [0.5, 0.6) is 0 Å². The highest BCUT2D eigenvalue weighted by Crippen LogP contribution is 2.38. The second-order valence-corrected chi connectivity index (χ2v) is 5.44. The van der Waals surface area contributed by atoms with Gasteiger partial charge in [0.05, 0.1) is 23.0 Å². The van der Waals surface area contributed by atoms with Crippen LogP contribution in [0.15, 0.2) is 36.4 Å². The summed E-state index contributed by atoms with van der Waals surface area (Å²) in [5.41, 5.74) is 2.90. The van der Waals surface area contributed by atoms with Gasteiger partial charge in [-0.1, -0.05) is 23.7 Å². The highest BCUT2D eigenvalue weighted by molar-refractivity contribution is 6.31. The third-order valence-corrected chi connectivity index (χ3v) is 3.81. The molecule has 0 aliphatic carbocycles. The zero-order valence-corrected chi connectivity index (χ0v) is 12.4. The first-order valence-corrected chi connectivity index (χ1v) is 6.98. The normalized spacial score (nSPS) is 16.7. The number of hydrogen-bond donors (Lipinski definition) is 2. The van der Waals surface area contributed by atoms with Crippen LogP contribution in [-0.4, -0.2) is 11.1 Å². The van der Waals surface area contributed by atoms with Crippen molar-refractivity contribution in [3.05, 3.63) is 58.1 Å². The third-order valence-electron chi connectivity index (χ3n) is 3.57. The van der Waals surface area contributed by atoms with Crippen molar-refractivity contribution in [2.75, 3.05) is 4.90 Å². The second kappa shape index (κ2) is 5.34. The Morgan fingerprint density at radius 2 is 2.05 bits per heavy atom. The number of halogens is 1. The maximum atomic E-state index is 12.4. The van der Waals surface area contributed by atoms with E-state index in [-0.39, 0.29) is 0 Å². The topological polar surface area (TPSA) is 76.4 Å². The zero-order valence-electron chi connectivity index (χ0n) is 11.7. The summed E-state index contributed by atoms with van der Waals surface area (Å²) in [6.45, 7) is 1.85. The van der Waals surface area contributed by atoms with Crippen molar-refractivity contribution in [3.8, 4) is 6.07 Å². The molecule has 1 aliphatic heterocycles. The van der Waals surface area contributed by atoms with E-state index in [1.165, 1.54) is 4.90 Å². The molecule has 0 radical (unpaired) electrons. The number of hydrogen-bond acceptors (Lipinski definition) is 3. The molecule has 22 heavy (non-hydrogen) atoms. The first-order chi connectivity index (χ1) is 10.5. The molecule has 0 bridgehead atoms. The molecule has 5 nitrogen and oxygen atoms in total. The summed E-state index contributed by atoms with van der Waals surface area (Å²) in [6, 6.07) is 11.6. The lowest BCUT2D eigenvalue weighted by atomic mass is 10.0. The van der Waals surface area contributed by atoms with E-state index in [2.05, 4.69) is 11.4 Å². The number of anilines is 2. The van der Waals surface area contributed by atoms with Gasteiger partial charge < -0.3 is 10.4 Å². The van der Waals surface area contributed by atoms with E-state index in [1.54, 1.807) is 36.4 Å². The van der Waals surface area contributed by atoms with Crippen LogP contribution in [0, 0.1) is 18.3 Å². The monoisotopic (exact) mass is 313 g/mol. The summed E-state index contributed by atoms with van der Waals surface area (Å²) < 4.78 is 0. The molecule has 0 fully saturated rings. The number of aliphatic hydroxyl groups is 1. The summed E-state index contributed by atoms with van der Waals surface area (Å²) in [6.07, 6.45) is -1.09. The van der Waals surface area contributed by atoms with Gasteiger partial charge in [0.25, 0.3) is 0 Å². The van der Waals surface area contributed by atoms with Crippen molar-refractivity contribution in [3.63, 3.8) is 0 Å². The standard InChI is InChI=1S/C16H12ClN3O2/c1-9-2-3-10(8-18)6-13(9)20-14-7-11(17)4-5-12(14)15(21)19-16(20)22/h2-7,15,21H,1H3,(H,19,22). The Hall–Kier alpha value is -2.55. The van der Waals surface area contributed by atoms with Crippen molar-refractivity contribution in [2.45, 2.75) is 13.2 Å². The van der Waals surface area contributed by atoms with Crippen molar-refractivity contribution in [1.82, 2.24) is 5.32 Å². The number of benzene rings is 2. The van der Waals surface area contributed by atoms with Gasteiger partial charge in [-0.05, 0) is 36.8 Å². The van der Waals surface area contributed by atoms with Crippen LogP contribution in [-0.2, 0) is 0 Å². The van der Waals surface area contributed by atoms with Gasteiger partial charge in [0.1, 0.15) is 0 Å². The van der Waals surface area contributed by atoms with E-state index in [4.69, 9.17) is 16.9 Å². The molecule has 2 aromatic rings. The minimum Gasteiger partial charge on any atom is -0.369 e. The predicted octanol–water partition coefficient (Wildman–Crippen LogP) is 3.37. The third kappa shape index (κ3) is 2.29. The van der Waals surface area contributed by atoms with Crippen LogP contribution in [0.2, 0.25) is 5.02 Å². The van der Waals surface area contributed by atoms with Crippen LogP contribution in [0.3, 0.4) is 0 Å². The summed E-state index contributed by atoms with van der Waals surface area (Å²) in [5.74, 6) is 0. The van der Waals surface area contributed by atoms with Crippen molar-refractivity contribution in [2.24, 2.45) is 0 Å². The average molecular weight is 314 g/mol. The van der Waals surface area contributed by atoms with Gasteiger partial charge >= 0.3 is 6.03 Å². The number of amides is 2. The lowest BCUT2D eigenvalue weighted by Crippen LogP contribution is -2.44. The molecule has 2 N–H and O–H groups in total. The second-order valence-electron chi connectivity index (χ2n) is 5.00. The molecule has 1 atom stereocenters. The fraction of sp³-hybridized carbons (Fsp3) is 0.125. The lowest BCUT2D eigenvalue weighted by molar-refractivity contribution is 0.141. The SMILES string of the molecule is Cc1ccc(C#N)cc1N1C(=O)NC(O)c2ccc(Cl)cc21. The highest BCUT2D eigenvalue weighted by atomic mass is 35.5. The molecule has 3 rings (SSSR count). The van der Waals surface area contributed by atoms with E-state index in [0.29, 0.717) is 27.5 Å². The smallest absolute Gasteiger partial charge is 0.328 e. The Labute approximate surface area is 132 Å². The van der Waals surface area contributed by atoms with Gasteiger partial charge in [-0.25, -0.2) is 4.79 Å². The number of fused-ring (bicyclic) bond motifs is 1. The van der Waals surface area contributed by atoms with Crippen LogP contribution in [0.4, 0.5) is 16.2 Å². The average Bonchev–Trinajstić information content (AvgIpc) is 2.48. The summed E-state index contributed by atoms with van der Waals surface area (Å²) >= 11 is 6.03. The molecule has 0 spiro atoms. The summed E-state index contributed by atoms with van der Waals surface area (Å²) in [7, 11) is 0. The van der Waals surface area contributed by atoms with E-state index in [9.17, 15) is 9.90 Å². The molecule has 1 unspecified atom stereocenters. The predicted molar refractivity (Wildman–Crippen MR) is 83.0 cm³/mol. The fourth-order valence-corrected chi connectivity index (χ4v) is 2.64. The molecule has 0 aromatic heterocycles. The minimum atomic E-state index is -1.09. The Balaban J connectivity index is 2.23. The van der Waals surface area contributed by atoms with Crippen LogP contribution in [0.25, 0.3) is 0 Å². The van der Waals surface area contributed by atoms with E-state index < -0.39 is 12.3 Å². The molecular weight excluding hydrogens is 302 g/mol. The number of urea groups is 1. The highest BCUT2D eigenvalue weighted by Gasteiger charge is 2.31. The van der Waals surface area contributed by atoms with E-state index in [1.807, 2.05) is 6.92 Å². The first kappa shape index (κ1) is 14.4. The molecule has 110 valence electrons. The fourth-order valence-electron chi connectivity index (χ4n) is 2.47. The van der Waals surface area contributed by atoms with Gasteiger partial charge in [-0.15, -0.1) is 0 Å². The lowest BCUT2D eigenvalue weighted by Gasteiger charge is -2.33. The van der Waals surface area contributed by atoms with E-state index >= 15 is 0 Å². The maximum Gasteiger partial charge on any atom is 0.328 e. The Bertz CT molecular complexity index is 814. The Morgan fingerprint density at radius 1 is 1.27 bits per heavy atom. The molecule has 1 heterocycles. The number of nitrogens with zero attached hydrogens (tertiary/aromatic N) is 2. The maximum absolute atomic E-state index is 12.4. The Morgan fingerprint density at radius 3 is 2.77 bits per heavy atom. The van der Waals surface area contributed by atoms with Crippen molar-refractivity contribution in [1.29, 1.82) is 5.26 Å². The van der Waals surface area contributed by atoms with Crippen LogP contribution >= 0.6 is 11.6 Å². The molecule has 0 saturated heterocycles.